The van der Waals surface area contributed by atoms with E-state index in [1.807, 2.05) is 53.4 Å². The van der Waals surface area contributed by atoms with E-state index >= 15 is 0 Å². The predicted molar refractivity (Wildman–Crippen MR) is 165 cm³/mol. The molecule has 2 heterocycles. The number of amides is 1. The SMILES string of the molecule is CC(=N)N(C(=N)C1CCN(C(=O)OCc2ccccc2)CC1)C(C)CC1CCC(C)N1CCC(N)c1ccccc1. The van der Waals surface area contributed by atoms with Gasteiger partial charge in [0, 0.05) is 49.7 Å². The molecule has 0 aliphatic carbocycles. The van der Waals surface area contributed by atoms with Gasteiger partial charge in [-0.1, -0.05) is 60.7 Å². The fourth-order valence-corrected chi connectivity index (χ4v) is 6.53. The molecule has 8 nitrogen and oxygen atoms in total. The van der Waals surface area contributed by atoms with Crippen LogP contribution in [-0.2, 0) is 11.3 Å². The second-order valence-corrected chi connectivity index (χ2v) is 11.9. The molecule has 0 saturated carbocycles. The highest BCUT2D eigenvalue weighted by atomic mass is 16.6. The largest absolute Gasteiger partial charge is 0.445 e. The normalized spacial score (nSPS) is 21.3. The Morgan fingerprint density at radius 1 is 1.02 bits per heavy atom. The molecule has 1 amide bonds. The smallest absolute Gasteiger partial charge is 0.410 e. The molecule has 8 heteroatoms. The van der Waals surface area contributed by atoms with Crippen LogP contribution in [0.2, 0.25) is 0 Å². The predicted octanol–water partition coefficient (Wildman–Crippen LogP) is 6.03. The van der Waals surface area contributed by atoms with Crippen molar-refractivity contribution in [1.82, 2.24) is 14.7 Å². The lowest BCUT2D eigenvalue weighted by atomic mass is 9.93. The van der Waals surface area contributed by atoms with Gasteiger partial charge in [0.25, 0.3) is 0 Å². The topological polar surface area (TPSA) is 110 Å². The Bertz CT molecular complexity index is 1130. The van der Waals surface area contributed by atoms with E-state index in [1.54, 1.807) is 11.8 Å². The number of benzene rings is 2. The zero-order valence-electron chi connectivity index (χ0n) is 25.0. The number of rotatable bonds is 10. The second kappa shape index (κ2) is 14.6. The maximum atomic E-state index is 12.6. The molecular formula is C33H48N6O2. The van der Waals surface area contributed by atoms with Crippen LogP contribution in [-0.4, -0.2) is 70.2 Å². The van der Waals surface area contributed by atoms with Crippen LogP contribution < -0.4 is 5.73 Å². The molecule has 2 aliphatic rings. The Hall–Kier alpha value is -3.23. The molecule has 2 aromatic carbocycles. The van der Waals surface area contributed by atoms with Gasteiger partial charge >= 0.3 is 6.09 Å². The molecule has 2 aromatic rings. The molecule has 41 heavy (non-hydrogen) atoms. The van der Waals surface area contributed by atoms with Crippen molar-refractivity contribution < 1.29 is 9.53 Å². The first kappa shape index (κ1) is 30.7. The van der Waals surface area contributed by atoms with Crippen molar-refractivity contribution in [2.24, 2.45) is 11.7 Å². The van der Waals surface area contributed by atoms with E-state index in [2.05, 4.69) is 30.9 Å². The number of hydrogen-bond donors (Lipinski definition) is 3. The molecule has 2 aliphatic heterocycles. The van der Waals surface area contributed by atoms with Crippen molar-refractivity contribution in [3.63, 3.8) is 0 Å². The Balaban J connectivity index is 1.28. The van der Waals surface area contributed by atoms with Crippen LogP contribution in [0.15, 0.2) is 60.7 Å². The molecule has 4 N–H and O–H groups in total. The Kier molecular flexibility index (Phi) is 10.9. The molecule has 4 atom stereocenters. The van der Waals surface area contributed by atoms with Gasteiger partial charge in [-0.3, -0.25) is 15.7 Å². The fourth-order valence-electron chi connectivity index (χ4n) is 6.53. The van der Waals surface area contributed by atoms with Gasteiger partial charge in [0.05, 0.1) is 5.84 Å². The van der Waals surface area contributed by atoms with E-state index in [-0.39, 0.29) is 30.7 Å². The lowest BCUT2D eigenvalue weighted by Gasteiger charge is -2.39. The summed E-state index contributed by atoms with van der Waals surface area (Å²) in [6.45, 7) is 8.59. The zero-order chi connectivity index (χ0) is 29.4. The standard InChI is InChI=1S/C33H48N6O2/c1-24-14-15-30(38(24)21-18-31(35)28-12-8-5-9-13-28)22-25(2)39(26(3)34)32(36)29-16-19-37(20-17-29)33(40)41-23-27-10-6-4-7-11-27/h4-13,24-25,29-31,34,36H,14-23,35H2,1-3H3. The van der Waals surface area contributed by atoms with E-state index < -0.39 is 0 Å². The van der Waals surface area contributed by atoms with Crippen molar-refractivity contribution >= 4 is 17.8 Å². The average molecular weight is 561 g/mol. The summed E-state index contributed by atoms with van der Waals surface area (Å²) >= 11 is 0. The first-order valence-electron chi connectivity index (χ1n) is 15.2. The number of nitrogens with two attached hydrogens (primary N) is 1. The van der Waals surface area contributed by atoms with E-state index in [4.69, 9.17) is 21.3 Å². The molecule has 2 fully saturated rings. The van der Waals surface area contributed by atoms with Gasteiger partial charge in [-0.2, -0.15) is 0 Å². The quantitative estimate of drug-likeness (QED) is 0.243. The number of nitrogens with one attached hydrogen (secondary N) is 2. The van der Waals surface area contributed by atoms with Crippen molar-refractivity contribution in [2.75, 3.05) is 19.6 Å². The van der Waals surface area contributed by atoms with Crippen molar-refractivity contribution in [2.45, 2.75) is 90.1 Å². The van der Waals surface area contributed by atoms with Gasteiger partial charge in [0.2, 0.25) is 0 Å². The van der Waals surface area contributed by atoms with Crippen LogP contribution >= 0.6 is 0 Å². The van der Waals surface area contributed by atoms with Crippen molar-refractivity contribution in [3.8, 4) is 0 Å². The molecular weight excluding hydrogens is 512 g/mol. The van der Waals surface area contributed by atoms with Gasteiger partial charge in [-0.05, 0) is 70.4 Å². The minimum Gasteiger partial charge on any atom is -0.445 e. The molecule has 0 spiro atoms. The van der Waals surface area contributed by atoms with Crippen LogP contribution in [0.5, 0.6) is 0 Å². The summed E-state index contributed by atoms with van der Waals surface area (Å²) in [7, 11) is 0. The molecule has 4 rings (SSSR count). The van der Waals surface area contributed by atoms with E-state index in [1.165, 1.54) is 5.56 Å². The average Bonchev–Trinajstić information content (AvgIpc) is 3.33. The summed E-state index contributed by atoms with van der Waals surface area (Å²) in [6.07, 6.45) is 5.24. The Morgan fingerprint density at radius 2 is 1.66 bits per heavy atom. The summed E-state index contributed by atoms with van der Waals surface area (Å²) in [5.41, 5.74) is 8.67. The zero-order valence-corrected chi connectivity index (χ0v) is 25.0. The number of carbonyl (C=O) groups is 1. The number of carbonyl (C=O) groups excluding carboxylic acids is 1. The summed E-state index contributed by atoms with van der Waals surface area (Å²) in [5, 5.41) is 17.6. The van der Waals surface area contributed by atoms with Crippen molar-refractivity contribution in [3.05, 3.63) is 71.8 Å². The Labute approximate surface area is 245 Å². The molecule has 4 unspecified atom stereocenters. The lowest BCUT2D eigenvalue weighted by Crippen LogP contribution is -2.50. The van der Waals surface area contributed by atoms with Gasteiger partial charge in [0.15, 0.2) is 0 Å². The highest BCUT2D eigenvalue weighted by molar-refractivity contribution is 5.98. The molecule has 222 valence electrons. The minimum atomic E-state index is -0.297. The third-order valence-corrected chi connectivity index (χ3v) is 8.90. The number of nitrogens with zero attached hydrogens (tertiary/aromatic N) is 3. The van der Waals surface area contributed by atoms with Crippen LogP contribution in [0.1, 0.15) is 76.5 Å². The highest BCUT2D eigenvalue weighted by Crippen LogP contribution is 2.31. The van der Waals surface area contributed by atoms with Gasteiger partial charge in [-0.15, -0.1) is 0 Å². The number of amidine groups is 2. The van der Waals surface area contributed by atoms with Gasteiger partial charge < -0.3 is 20.3 Å². The molecule has 0 bridgehead atoms. The molecule has 0 radical (unpaired) electrons. The van der Waals surface area contributed by atoms with E-state index in [0.717, 1.165) is 37.8 Å². The monoisotopic (exact) mass is 560 g/mol. The maximum absolute atomic E-state index is 12.6. The first-order chi connectivity index (χ1) is 19.7. The summed E-state index contributed by atoms with van der Waals surface area (Å²) in [4.78, 5) is 18.9. The van der Waals surface area contributed by atoms with Crippen LogP contribution in [0.25, 0.3) is 0 Å². The number of ether oxygens (including phenoxy) is 1. The minimum absolute atomic E-state index is 0.0251. The fraction of sp³-hybridized carbons (Fsp3) is 0.545. The third-order valence-electron chi connectivity index (χ3n) is 8.90. The lowest BCUT2D eigenvalue weighted by molar-refractivity contribution is 0.0856. The van der Waals surface area contributed by atoms with Gasteiger partial charge in [0.1, 0.15) is 12.4 Å². The molecule has 0 aromatic heterocycles. The summed E-state index contributed by atoms with van der Waals surface area (Å²) in [5.74, 6) is 0.945. The molecule has 2 saturated heterocycles. The van der Waals surface area contributed by atoms with E-state index in [0.29, 0.717) is 49.7 Å². The number of piperidine rings is 1. The number of hydrogen-bond acceptors (Lipinski definition) is 6. The first-order valence-corrected chi connectivity index (χ1v) is 15.2. The second-order valence-electron chi connectivity index (χ2n) is 11.9. The van der Waals surface area contributed by atoms with Crippen LogP contribution in [0, 0.1) is 16.7 Å². The summed E-state index contributed by atoms with van der Waals surface area (Å²) < 4.78 is 5.52. The maximum Gasteiger partial charge on any atom is 0.410 e. The van der Waals surface area contributed by atoms with Crippen LogP contribution in [0.3, 0.4) is 0 Å². The Morgan fingerprint density at radius 3 is 2.29 bits per heavy atom. The van der Waals surface area contributed by atoms with Gasteiger partial charge in [-0.25, -0.2) is 4.79 Å². The number of likely N-dealkylation sites (tertiary alicyclic amines) is 2. The third kappa shape index (κ3) is 8.17. The summed E-state index contributed by atoms with van der Waals surface area (Å²) in [6, 6.07) is 21.0. The van der Waals surface area contributed by atoms with E-state index in [9.17, 15) is 4.79 Å². The van der Waals surface area contributed by atoms with Crippen molar-refractivity contribution in [1.29, 1.82) is 10.8 Å². The highest BCUT2D eigenvalue weighted by Gasteiger charge is 2.35. The van der Waals surface area contributed by atoms with Crippen LogP contribution in [0.4, 0.5) is 4.79 Å².